The zero-order chi connectivity index (χ0) is 15.9. The maximum atomic E-state index is 13.4. The Morgan fingerprint density at radius 2 is 1.95 bits per heavy atom. The molecule has 2 heterocycles. The minimum atomic E-state index is -3.14. The summed E-state index contributed by atoms with van der Waals surface area (Å²) in [7, 11) is -3.14. The molecule has 1 aromatic carbocycles. The van der Waals surface area contributed by atoms with Gasteiger partial charge in [0.25, 0.3) is 0 Å². The summed E-state index contributed by atoms with van der Waals surface area (Å²) < 4.78 is 38.0. The van der Waals surface area contributed by atoms with E-state index in [-0.39, 0.29) is 11.7 Å². The van der Waals surface area contributed by atoms with E-state index in [0.717, 1.165) is 22.2 Å². The Kier molecular flexibility index (Phi) is 3.48. The van der Waals surface area contributed by atoms with Crippen LogP contribution >= 0.6 is 0 Å². The standard InChI is InChI=1S/C16H15FN2O2S/c1-11-7-12(3-4-14(11)17)13-8-16-15(18-9-13)5-6-19(16)10-22(2,20)21/h3-9H,10H2,1-2H3. The molecule has 2 aromatic heterocycles. The summed E-state index contributed by atoms with van der Waals surface area (Å²) in [5.41, 5.74) is 3.70. The number of rotatable bonds is 3. The Labute approximate surface area is 128 Å². The van der Waals surface area contributed by atoms with E-state index in [1.807, 2.05) is 6.07 Å². The molecule has 0 amide bonds. The number of hydrogen-bond donors (Lipinski definition) is 0. The number of hydrogen-bond acceptors (Lipinski definition) is 3. The van der Waals surface area contributed by atoms with Gasteiger partial charge in [-0.05, 0) is 42.3 Å². The molecule has 0 unspecified atom stereocenters. The summed E-state index contributed by atoms with van der Waals surface area (Å²) in [5.74, 6) is -0.345. The number of nitrogens with zero attached hydrogens (tertiary/aromatic N) is 2. The molecule has 3 aromatic rings. The van der Waals surface area contributed by atoms with E-state index in [1.54, 1.807) is 42.1 Å². The van der Waals surface area contributed by atoms with E-state index in [4.69, 9.17) is 0 Å². The molecule has 4 nitrogen and oxygen atoms in total. The van der Waals surface area contributed by atoms with Crippen LogP contribution in [0.2, 0.25) is 0 Å². The molecule has 22 heavy (non-hydrogen) atoms. The second-order valence-electron chi connectivity index (χ2n) is 5.43. The maximum Gasteiger partial charge on any atom is 0.165 e. The first-order chi connectivity index (χ1) is 10.3. The van der Waals surface area contributed by atoms with E-state index in [0.29, 0.717) is 5.56 Å². The molecule has 0 radical (unpaired) electrons. The molecule has 0 fully saturated rings. The summed E-state index contributed by atoms with van der Waals surface area (Å²) in [5, 5.41) is 0. The molecule has 0 saturated heterocycles. The van der Waals surface area contributed by atoms with Crippen LogP contribution in [0.1, 0.15) is 5.56 Å². The predicted molar refractivity (Wildman–Crippen MR) is 84.7 cm³/mol. The molecule has 0 bridgehead atoms. The van der Waals surface area contributed by atoms with Crippen LogP contribution in [-0.4, -0.2) is 24.2 Å². The van der Waals surface area contributed by atoms with Gasteiger partial charge in [0.2, 0.25) is 0 Å². The lowest BCUT2D eigenvalue weighted by atomic mass is 10.0. The summed E-state index contributed by atoms with van der Waals surface area (Å²) in [6, 6.07) is 8.52. The van der Waals surface area contributed by atoms with E-state index in [1.165, 1.54) is 12.3 Å². The van der Waals surface area contributed by atoms with Gasteiger partial charge in [-0.2, -0.15) is 0 Å². The van der Waals surface area contributed by atoms with Gasteiger partial charge in [-0.25, -0.2) is 12.8 Å². The van der Waals surface area contributed by atoms with Gasteiger partial charge >= 0.3 is 0 Å². The lowest BCUT2D eigenvalue weighted by molar-refractivity contribution is 0.592. The number of aromatic nitrogens is 2. The van der Waals surface area contributed by atoms with Crippen LogP contribution in [0.5, 0.6) is 0 Å². The van der Waals surface area contributed by atoms with Crippen LogP contribution < -0.4 is 0 Å². The average Bonchev–Trinajstić information content (AvgIpc) is 2.82. The molecule has 0 atom stereocenters. The minimum absolute atomic E-state index is 0.0932. The smallest absolute Gasteiger partial charge is 0.165 e. The van der Waals surface area contributed by atoms with Crippen molar-refractivity contribution in [2.45, 2.75) is 12.8 Å². The number of fused-ring (bicyclic) bond motifs is 1. The zero-order valence-electron chi connectivity index (χ0n) is 12.2. The van der Waals surface area contributed by atoms with E-state index in [2.05, 4.69) is 4.98 Å². The highest BCUT2D eigenvalue weighted by molar-refractivity contribution is 7.89. The van der Waals surface area contributed by atoms with Crippen LogP contribution in [0.15, 0.2) is 42.7 Å². The molecule has 114 valence electrons. The van der Waals surface area contributed by atoms with Gasteiger partial charge in [0.1, 0.15) is 11.7 Å². The summed E-state index contributed by atoms with van der Waals surface area (Å²) in [6.07, 6.45) is 4.61. The van der Waals surface area contributed by atoms with Crippen molar-refractivity contribution in [1.29, 1.82) is 0 Å². The highest BCUT2D eigenvalue weighted by Gasteiger charge is 2.10. The third-order valence-electron chi connectivity index (χ3n) is 3.48. The van der Waals surface area contributed by atoms with Gasteiger partial charge in [0.05, 0.1) is 11.0 Å². The second-order valence-corrected chi connectivity index (χ2v) is 7.54. The molecular formula is C16H15FN2O2S. The van der Waals surface area contributed by atoms with Gasteiger partial charge in [-0.15, -0.1) is 0 Å². The van der Waals surface area contributed by atoms with Crippen molar-refractivity contribution < 1.29 is 12.8 Å². The van der Waals surface area contributed by atoms with Crippen LogP contribution in [0.3, 0.4) is 0 Å². The van der Waals surface area contributed by atoms with Crippen molar-refractivity contribution >= 4 is 20.9 Å². The highest BCUT2D eigenvalue weighted by Crippen LogP contribution is 2.25. The van der Waals surface area contributed by atoms with Gasteiger partial charge < -0.3 is 4.57 Å². The van der Waals surface area contributed by atoms with Crippen molar-refractivity contribution in [3.63, 3.8) is 0 Å². The Bertz CT molecular complexity index is 961. The van der Waals surface area contributed by atoms with Crippen LogP contribution in [-0.2, 0) is 15.7 Å². The zero-order valence-corrected chi connectivity index (χ0v) is 13.1. The van der Waals surface area contributed by atoms with Crippen molar-refractivity contribution in [2.75, 3.05) is 6.26 Å². The fourth-order valence-corrected chi connectivity index (χ4v) is 3.14. The van der Waals surface area contributed by atoms with Gasteiger partial charge in [0, 0.05) is 24.2 Å². The number of aryl methyl sites for hydroxylation is 1. The lowest BCUT2D eigenvalue weighted by Gasteiger charge is -2.07. The summed E-state index contributed by atoms with van der Waals surface area (Å²) in [4.78, 5) is 4.35. The molecule has 6 heteroatoms. The summed E-state index contributed by atoms with van der Waals surface area (Å²) in [6.45, 7) is 1.71. The molecule has 0 aliphatic heterocycles. The molecule has 3 rings (SSSR count). The fourth-order valence-electron chi connectivity index (χ4n) is 2.41. The van der Waals surface area contributed by atoms with Crippen LogP contribution in [0.25, 0.3) is 22.2 Å². The number of halogens is 1. The third kappa shape index (κ3) is 2.87. The molecular weight excluding hydrogens is 303 g/mol. The first kappa shape index (κ1) is 14.7. The quantitative estimate of drug-likeness (QED) is 0.745. The average molecular weight is 318 g/mol. The molecule has 0 spiro atoms. The predicted octanol–water partition coefficient (Wildman–Crippen LogP) is 3.15. The van der Waals surface area contributed by atoms with Crippen molar-refractivity contribution in [2.24, 2.45) is 0 Å². The fraction of sp³-hybridized carbons (Fsp3) is 0.188. The Balaban J connectivity index is 2.12. The lowest BCUT2D eigenvalue weighted by Crippen LogP contribution is -2.07. The summed E-state index contributed by atoms with van der Waals surface area (Å²) >= 11 is 0. The normalized spacial score (nSPS) is 12.0. The minimum Gasteiger partial charge on any atom is -0.331 e. The van der Waals surface area contributed by atoms with Gasteiger partial charge in [-0.1, -0.05) is 6.07 Å². The van der Waals surface area contributed by atoms with Crippen molar-refractivity contribution in [1.82, 2.24) is 9.55 Å². The van der Waals surface area contributed by atoms with E-state index in [9.17, 15) is 12.8 Å². The first-order valence-corrected chi connectivity index (χ1v) is 8.79. The number of sulfone groups is 1. The van der Waals surface area contributed by atoms with Gasteiger partial charge in [0.15, 0.2) is 9.84 Å². The van der Waals surface area contributed by atoms with Crippen LogP contribution in [0, 0.1) is 12.7 Å². The highest BCUT2D eigenvalue weighted by atomic mass is 32.2. The Morgan fingerprint density at radius 3 is 2.64 bits per heavy atom. The van der Waals surface area contributed by atoms with E-state index >= 15 is 0 Å². The maximum absolute atomic E-state index is 13.4. The molecule has 0 aliphatic carbocycles. The molecule has 0 aliphatic rings. The van der Waals surface area contributed by atoms with E-state index < -0.39 is 9.84 Å². The number of benzene rings is 1. The monoisotopic (exact) mass is 318 g/mol. The third-order valence-corrected chi connectivity index (χ3v) is 4.23. The molecule has 0 saturated carbocycles. The second kappa shape index (κ2) is 5.21. The Hall–Kier alpha value is -2.21. The van der Waals surface area contributed by atoms with Gasteiger partial charge in [-0.3, -0.25) is 4.98 Å². The van der Waals surface area contributed by atoms with Crippen molar-refractivity contribution in [3.05, 3.63) is 54.1 Å². The number of pyridine rings is 1. The van der Waals surface area contributed by atoms with Crippen molar-refractivity contribution in [3.8, 4) is 11.1 Å². The SMILES string of the molecule is Cc1cc(-c2cnc3ccn(CS(C)(=O)=O)c3c2)ccc1F. The Morgan fingerprint density at radius 1 is 1.18 bits per heavy atom. The largest absolute Gasteiger partial charge is 0.331 e. The van der Waals surface area contributed by atoms with Crippen LogP contribution in [0.4, 0.5) is 4.39 Å². The molecule has 0 N–H and O–H groups in total. The first-order valence-electron chi connectivity index (χ1n) is 6.73. The topological polar surface area (TPSA) is 52.0 Å².